The molecule has 0 unspecified atom stereocenters. The van der Waals surface area contributed by atoms with Crippen LogP contribution in [0.2, 0.25) is 5.02 Å². The molecule has 0 bridgehead atoms. The Kier molecular flexibility index (Phi) is 8.21. The largest absolute Gasteiger partial charge is 0.493 e. The summed E-state index contributed by atoms with van der Waals surface area (Å²) in [5.41, 5.74) is 0.515. The quantitative estimate of drug-likeness (QED) is 0.266. The Morgan fingerprint density at radius 3 is 2.26 bits per heavy atom. The molecule has 1 amide bonds. The van der Waals surface area contributed by atoms with Crippen LogP contribution in [0.4, 0.5) is 11.4 Å². The molecule has 0 saturated carbocycles. The number of amides is 1. The van der Waals surface area contributed by atoms with Crippen LogP contribution < -0.4 is 19.5 Å². The zero-order valence-electron chi connectivity index (χ0n) is 16.8. The number of nitro groups is 1. The van der Waals surface area contributed by atoms with Gasteiger partial charge in [-0.15, -0.1) is 0 Å². The summed E-state index contributed by atoms with van der Waals surface area (Å²) in [4.78, 5) is 34.0. The van der Waals surface area contributed by atoms with Crippen molar-refractivity contribution in [2.75, 3.05) is 33.3 Å². The number of hydrogen-bond acceptors (Lipinski definition) is 8. The third-order valence-corrected chi connectivity index (χ3v) is 4.19. The predicted octanol–water partition coefficient (Wildman–Crippen LogP) is 3.47. The third kappa shape index (κ3) is 6.34. The predicted molar refractivity (Wildman–Crippen MR) is 113 cm³/mol. The first kappa shape index (κ1) is 23.5. The van der Waals surface area contributed by atoms with Gasteiger partial charge in [0.05, 0.1) is 37.0 Å². The van der Waals surface area contributed by atoms with Crippen molar-refractivity contribution in [3.63, 3.8) is 0 Å². The maximum absolute atomic E-state index is 11.9. The zero-order valence-corrected chi connectivity index (χ0v) is 17.6. The normalized spacial score (nSPS) is 10.5. The van der Waals surface area contributed by atoms with Crippen molar-refractivity contribution < 1.29 is 33.5 Å². The summed E-state index contributed by atoms with van der Waals surface area (Å²) in [7, 11) is 4.41. The molecule has 0 heterocycles. The van der Waals surface area contributed by atoms with E-state index in [4.69, 9.17) is 30.5 Å². The van der Waals surface area contributed by atoms with E-state index in [1.807, 2.05) is 0 Å². The molecule has 0 spiro atoms. The molecule has 0 aromatic heterocycles. The molecule has 0 saturated heterocycles. The van der Waals surface area contributed by atoms with Crippen LogP contribution in [0.25, 0.3) is 6.08 Å². The van der Waals surface area contributed by atoms with E-state index in [1.165, 1.54) is 39.5 Å². The molecule has 0 fully saturated rings. The van der Waals surface area contributed by atoms with Crippen molar-refractivity contribution in [2.45, 2.75) is 0 Å². The maximum atomic E-state index is 11.9. The highest BCUT2D eigenvalue weighted by atomic mass is 35.5. The summed E-state index contributed by atoms with van der Waals surface area (Å²) in [6, 6.07) is 6.84. The van der Waals surface area contributed by atoms with E-state index in [-0.39, 0.29) is 16.4 Å². The lowest BCUT2D eigenvalue weighted by Gasteiger charge is -2.12. The van der Waals surface area contributed by atoms with Gasteiger partial charge in [-0.1, -0.05) is 11.6 Å². The molecule has 2 aromatic rings. The fourth-order valence-corrected chi connectivity index (χ4v) is 2.67. The Hall–Kier alpha value is -3.79. The van der Waals surface area contributed by atoms with Gasteiger partial charge in [-0.2, -0.15) is 0 Å². The van der Waals surface area contributed by atoms with Gasteiger partial charge >= 0.3 is 5.97 Å². The minimum atomic E-state index is -0.765. The van der Waals surface area contributed by atoms with Gasteiger partial charge in [-0.05, 0) is 29.8 Å². The number of nitro benzene ring substituents is 1. The Morgan fingerprint density at radius 1 is 1.10 bits per heavy atom. The maximum Gasteiger partial charge on any atom is 0.331 e. The number of benzene rings is 2. The van der Waals surface area contributed by atoms with E-state index in [0.29, 0.717) is 22.8 Å². The van der Waals surface area contributed by atoms with E-state index in [2.05, 4.69) is 5.32 Å². The van der Waals surface area contributed by atoms with Gasteiger partial charge in [0.15, 0.2) is 18.1 Å². The molecular formula is C20H19ClN2O8. The van der Waals surface area contributed by atoms with Crippen LogP contribution in [-0.2, 0) is 14.3 Å². The van der Waals surface area contributed by atoms with E-state index in [1.54, 1.807) is 12.1 Å². The van der Waals surface area contributed by atoms with E-state index in [0.717, 1.165) is 12.1 Å². The average molecular weight is 451 g/mol. The van der Waals surface area contributed by atoms with Crippen molar-refractivity contribution in [3.05, 3.63) is 57.1 Å². The number of anilines is 1. The van der Waals surface area contributed by atoms with Crippen LogP contribution in [0.1, 0.15) is 5.56 Å². The van der Waals surface area contributed by atoms with Crippen molar-refractivity contribution in [1.82, 2.24) is 0 Å². The molecule has 0 radical (unpaired) electrons. The molecule has 164 valence electrons. The van der Waals surface area contributed by atoms with Crippen LogP contribution in [0.15, 0.2) is 36.4 Å². The lowest BCUT2D eigenvalue weighted by Crippen LogP contribution is -2.20. The third-order valence-electron chi connectivity index (χ3n) is 3.88. The van der Waals surface area contributed by atoms with Crippen molar-refractivity contribution in [3.8, 4) is 17.2 Å². The number of methoxy groups -OCH3 is 3. The van der Waals surface area contributed by atoms with E-state index in [9.17, 15) is 19.7 Å². The fourth-order valence-electron chi connectivity index (χ4n) is 2.45. The Labute approximate surface area is 182 Å². The second kappa shape index (κ2) is 10.8. The van der Waals surface area contributed by atoms with Gasteiger partial charge in [0.1, 0.15) is 0 Å². The first-order valence-electron chi connectivity index (χ1n) is 8.67. The minimum absolute atomic E-state index is 0.0174. The number of carbonyl (C=O) groups is 2. The van der Waals surface area contributed by atoms with Gasteiger partial charge in [-0.25, -0.2) is 4.79 Å². The lowest BCUT2D eigenvalue weighted by molar-refractivity contribution is -0.384. The number of non-ortho nitro benzene ring substituents is 1. The van der Waals surface area contributed by atoms with Gasteiger partial charge in [0.2, 0.25) is 5.75 Å². The SMILES string of the molecule is COc1cc(/C=C/C(=O)OCC(=O)Nc2ccc([N+](=O)[O-])cc2Cl)cc(OC)c1OC. The Bertz CT molecular complexity index is 997. The number of esters is 1. The summed E-state index contributed by atoms with van der Waals surface area (Å²) in [6.45, 7) is -0.578. The number of ether oxygens (including phenoxy) is 4. The minimum Gasteiger partial charge on any atom is -0.493 e. The number of nitrogens with zero attached hydrogens (tertiary/aromatic N) is 1. The van der Waals surface area contributed by atoms with Gasteiger partial charge in [0, 0.05) is 18.2 Å². The Balaban J connectivity index is 1.97. The van der Waals surface area contributed by atoms with E-state index >= 15 is 0 Å². The van der Waals surface area contributed by atoms with Crippen LogP contribution in [0, 0.1) is 10.1 Å². The second-order valence-corrected chi connectivity index (χ2v) is 6.28. The molecule has 0 aliphatic rings. The molecule has 0 atom stereocenters. The molecule has 2 rings (SSSR count). The molecule has 0 aliphatic heterocycles. The van der Waals surface area contributed by atoms with Gasteiger partial charge in [-0.3, -0.25) is 14.9 Å². The monoisotopic (exact) mass is 450 g/mol. The molecule has 10 nitrogen and oxygen atoms in total. The zero-order chi connectivity index (χ0) is 23.0. The number of nitrogens with one attached hydrogen (secondary N) is 1. The number of halogens is 1. The number of carbonyl (C=O) groups excluding carboxylic acids is 2. The van der Waals surface area contributed by atoms with Crippen LogP contribution >= 0.6 is 11.6 Å². The van der Waals surface area contributed by atoms with Crippen LogP contribution in [0.3, 0.4) is 0 Å². The lowest BCUT2D eigenvalue weighted by atomic mass is 10.1. The Morgan fingerprint density at radius 2 is 1.74 bits per heavy atom. The fraction of sp³-hybridized carbons (Fsp3) is 0.200. The number of rotatable bonds is 9. The summed E-state index contributed by atoms with van der Waals surface area (Å²) in [5, 5.41) is 13.1. The average Bonchev–Trinajstić information content (AvgIpc) is 2.76. The van der Waals surface area contributed by atoms with Crippen molar-refractivity contribution in [1.29, 1.82) is 0 Å². The first-order chi connectivity index (χ1) is 14.8. The van der Waals surface area contributed by atoms with Crippen LogP contribution in [0.5, 0.6) is 17.2 Å². The van der Waals surface area contributed by atoms with Gasteiger partial charge in [0.25, 0.3) is 11.6 Å². The number of hydrogen-bond donors (Lipinski definition) is 1. The molecule has 2 aromatic carbocycles. The molecule has 31 heavy (non-hydrogen) atoms. The highest BCUT2D eigenvalue weighted by Gasteiger charge is 2.14. The molecular weight excluding hydrogens is 432 g/mol. The summed E-state index contributed by atoms with van der Waals surface area (Å²) in [5.74, 6) is -0.196. The van der Waals surface area contributed by atoms with Crippen molar-refractivity contribution in [2.24, 2.45) is 0 Å². The van der Waals surface area contributed by atoms with Crippen molar-refractivity contribution >= 4 is 40.9 Å². The highest BCUT2D eigenvalue weighted by Crippen LogP contribution is 2.38. The highest BCUT2D eigenvalue weighted by molar-refractivity contribution is 6.34. The summed E-state index contributed by atoms with van der Waals surface area (Å²) >= 11 is 5.90. The molecule has 1 N–H and O–H groups in total. The topological polar surface area (TPSA) is 126 Å². The summed E-state index contributed by atoms with van der Waals surface area (Å²) < 4.78 is 20.6. The second-order valence-electron chi connectivity index (χ2n) is 5.87. The standard InChI is InChI=1S/C20H19ClN2O8/c1-28-16-8-12(9-17(29-2)20(16)30-3)4-7-19(25)31-11-18(24)22-15-6-5-13(23(26)27)10-14(15)21/h4-10H,11H2,1-3H3,(H,22,24)/b7-4+. The van der Waals surface area contributed by atoms with E-state index < -0.39 is 23.4 Å². The molecule has 0 aliphatic carbocycles. The first-order valence-corrected chi connectivity index (χ1v) is 9.05. The van der Waals surface area contributed by atoms with Crippen LogP contribution in [-0.4, -0.2) is 44.7 Å². The van der Waals surface area contributed by atoms with Gasteiger partial charge < -0.3 is 24.3 Å². The molecule has 11 heteroatoms. The summed E-state index contributed by atoms with van der Waals surface area (Å²) in [6.07, 6.45) is 2.59. The smallest absolute Gasteiger partial charge is 0.331 e.